The van der Waals surface area contributed by atoms with Gasteiger partial charge in [-0.25, -0.2) is 9.18 Å². The van der Waals surface area contributed by atoms with Crippen molar-refractivity contribution in [3.63, 3.8) is 0 Å². The molecule has 2 N–H and O–H groups in total. The topological polar surface area (TPSA) is 84.3 Å². The monoisotopic (exact) mass is 342 g/mol. The van der Waals surface area contributed by atoms with Crippen LogP contribution in [0.2, 0.25) is 0 Å². The minimum absolute atomic E-state index is 0.0178. The predicted molar refractivity (Wildman–Crippen MR) is 92.3 cm³/mol. The van der Waals surface area contributed by atoms with Crippen molar-refractivity contribution in [2.45, 2.75) is 19.3 Å². The highest BCUT2D eigenvalue weighted by Crippen LogP contribution is 2.29. The largest absolute Gasteiger partial charge is 0.464 e. The molecule has 0 aliphatic carbocycles. The number of ether oxygens (including phenoxy) is 1. The van der Waals surface area contributed by atoms with Crippen LogP contribution in [0.3, 0.4) is 0 Å². The lowest BCUT2D eigenvalue weighted by molar-refractivity contribution is 0.0593. The molecule has 3 rings (SSSR count). The number of carbonyl (C=O) groups excluding carboxylic acids is 1. The summed E-state index contributed by atoms with van der Waals surface area (Å²) in [6.45, 7) is 1.66. The summed E-state index contributed by atoms with van der Waals surface area (Å²) in [6.07, 6.45) is 4.68. The molecule has 1 aromatic carbocycles. The standard InChI is InChI=1S/C18H19FN4O2/c1-25-18(24)17-16(21)12(10-20)11-23(17)13-5-6-15(14(19)9-13)22-7-3-2-4-8-22/h5-6,9,11H,2-4,7-8,21H2,1H3. The second-order valence-electron chi connectivity index (χ2n) is 5.96. The Kier molecular flexibility index (Phi) is 4.61. The van der Waals surface area contributed by atoms with E-state index in [9.17, 15) is 9.18 Å². The van der Waals surface area contributed by atoms with E-state index in [4.69, 9.17) is 15.7 Å². The number of hydrogen-bond donors (Lipinski definition) is 1. The summed E-state index contributed by atoms with van der Waals surface area (Å²) in [5.41, 5.74) is 7.00. The van der Waals surface area contributed by atoms with Crippen LogP contribution in [-0.2, 0) is 4.74 Å². The third-order valence-electron chi connectivity index (χ3n) is 4.45. The van der Waals surface area contributed by atoms with Crippen LogP contribution in [0.5, 0.6) is 0 Å². The van der Waals surface area contributed by atoms with Crippen LogP contribution in [0.1, 0.15) is 35.3 Å². The summed E-state index contributed by atoms with van der Waals surface area (Å²) in [6, 6.07) is 6.67. The Balaban J connectivity index is 2.04. The first-order valence-corrected chi connectivity index (χ1v) is 8.11. The van der Waals surface area contributed by atoms with E-state index in [1.807, 2.05) is 11.0 Å². The quantitative estimate of drug-likeness (QED) is 0.867. The van der Waals surface area contributed by atoms with Crippen LogP contribution in [0.25, 0.3) is 5.69 Å². The van der Waals surface area contributed by atoms with Crippen LogP contribution < -0.4 is 10.6 Å². The average molecular weight is 342 g/mol. The number of methoxy groups -OCH3 is 1. The van der Waals surface area contributed by atoms with E-state index < -0.39 is 5.97 Å². The molecule has 0 amide bonds. The van der Waals surface area contributed by atoms with Gasteiger partial charge in [-0.05, 0) is 31.4 Å². The second-order valence-corrected chi connectivity index (χ2v) is 5.96. The van der Waals surface area contributed by atoms with Gasteiger partial charge < -0.3 is 19.9 Å². The molecule has 130 valence electrons. The molecule has 1 saturated heterocycles. The van der Waals surface area contributed by atoms with Gasteiger partial charge in [0.25, 0.3) is 0 Å². The van der Waals surface area contributed by atoms with Crippen LogP contribution in [0, 0.1) is 17.1 Å². The number of halogens is 1. The minimum atomic E-state index is -0.681. The maximum atomic E-state index is 14.7. The van der Waals surface area contributed by atoms with Gasteiger partial charge >= 0.3 is 5.97 Å². The maximum Gasteiger partial charge on any atom is 0.357 e. The Bertz CT molecular complexity index is 847. The summed E-state index contributed by atoms with van der Waals surface area (Å²) in [5, 5.41) is 9.15. The SMILES string of the molecule is COC(=O)c1c(N)c(C#N)cn1-c1ccc(N2CCCCC2)c(F)c1. The van der Waals surface area contributed by atoms with Crippen molar-refractivity contribution in [2.24, 2.45) is 0 Å². The molecule has 0 atom stereocenters. The summed E-state index contributed by atoms with van der Waals surface area (Å²) in [7, 11) is 1.23. The number of anilines is 2. The molecule has 0 radical (unpaired) electrons. The molecule has 25 heavy (non-hydrogen) atoms. The van der Waals surface area contributed by atoms with Gasteiger partial charge in [0.15, 0.2) is 5.69 Å². The van der Waals surface area contributed by atoms with Gasteiger partial charge in [-0.3, -0.25) is 0 Å². The Labute approximate surface area is 145 Å². The van der Waals surface area contributed by atoms with Gasteiger partial charge in [-0.2, -0.15) is 5.26 Å². The molecular weight excluding hydrogens is 323 g/mol. The average Bonchev–Trinajstić information content (AvgIpc) is 2.98. The van der Waals surface area contributed by atoms with Crippen LogP contribution in [0.15, 0.2) is 24.4 Å². The molecule has 0 saturated carbocycles. The number of piperidine rings is 1. The highest BCUT2D eigenvalue weighted by Gasteiger charge is 2.23. The Morgan fingerprint density at radius 2 is 2.04 bits per heavy atom. The lowest BCUT2D eigenvalue weighted by Crippen LogP contribution is -2.30. The van der Waals surface area contributed by atoms with Crippen molar-refractivity contribution in [1.29, 1.82) is 5.26 Å². The molecule has 2 aromatic rings. The number of rotatable bonds is 3. The van der Waals surface area contributed by atoms with Crippen molar-refractivity contribution in [3.8, 4) is 11.8 Å². The number of nitrogens with zero attached hydrogens (tertiary/aromatic N) is 3. The smallest absolute Gasteiger partial charge is 0.357 e. The zero-order valence-electron chi connectivity index (χ0n) is 14.0. The first kappa shape index (κ1) is 16.8. The van der Waals surface area contributed by atoms with Crippen molar-refractivity contribution in [2.75, 3.05) is 30.8 Å². The number of nitrogen functional groups attached to an aromatic ring is 1. The number of esters is 1. The summed E-state index contributed by atoms with van der Waals surface area (Å²) < 4.78 is 20.8. The van der Waals surface area contributed by atoms with Crippen LogP contribution in [0.4, 0.5) is 15.8 Å². The van der Waals surface area contributed by atoms with Gasteiger partial charge in [0.1, 0.15) is 11.9 Å². The van der Waals surface area contributed by atoms with E-state index in [1.54, 1.807) is 12.1 Å². The predicted octanol–water partition coefficient (Wildman–Crippen LogP) is 2.85. The Morgan fingerprint density at radius 3 is 2.64 bits per heavy atom. The minimum Gasteiger partial charge on any atom is -0.464 e. The Morgan fingerprint density at radius 1 is 1.32 bits per heavy atom. The molecule has 1 aliphatic heterocycles. The third kappa shape index (κ3) is 3.03. The number of aromatic nitrogens is 1. The lowest BCUT2D eigenvalue weighted by Gasteiger charge is -2.29. The van der Waals surface area contributed by atoms with Gasteiger partial charge in [0.2, 0.25) is 0 Å². The van der Waals surface area contributed by atoms with E-state index in [0.717, 1.165) is 32.4 Å². The van der Waals surface area contributed by atoms with E-state index in [2.05, 4.69) is 0 Å². The van der Waals surface area contributed by atoms with E-state index in [0.29, 0.717) is 11.4 Å². The number of nitrogens with two attached hydrogens (primary N) is 1. The molecule has 1 fully saturated rings. The van der Waals surface area contributed by atoms with Crippen LogP contribution in [-0.4, -0.2) is 30.7 Å². The fourth-order valence-corrected chi connectivity index (χ4v) is 3.16. The normalized spacial score (nSPS) is 14.2. The molecule has 1 aliphatic rings. The second kappa shape index (κ2) is 6.85. The van der Waals surface area contributed by atoms with Crippen molar-refractivity contribution >= 4 is 17.3 Å². The van der Waals surface area contributed by atoms with E-state index in [-0.39, 0.29) is 22.8 Å². The third-order valence-corrected chi connectivity index (χ3v) is 4.45. The highest BCUT2D eigenvalue weighted by atomic mass is 19.1. The molecule has 6 nitrogen and oxygen atoms in total. The number of carbonyl (C=O) groups is 1. The van der Waals surface area contributed by atoms with Crippen molar-refractivity contribution in [1.82, 2.24) is 4.57 Å². The summed E-state index contributed by atoms with van der Waals surface area (Å²) >= 11 is 0. The molecule has 0 bridgehead atoms. The van der Waals surface area contributed by atoms with Gasteiger partial charge in [0, 0.05) is 31.0 Å². The van der Waals surface area contributed by atoms with E-state index >= 15 is 0 Å². The first-order valence-electron chi connectivity index (χ1n) is 8.11. The lowest BCUT2D eigenvalue weighted by atomic mass is 10.1. The summed E-state index contributed by atoms with van der Waals surface area (Å²) in [4.78, 5) is 14.0. The number of nitriles is 1. The molecule has 7 heteroatoms. The van der Waals surface area contributed by atoms with Crippen molar-refractivity contribution < 1.29 is 13.9 Å². The Hall–Kier alpha value is -3.01. The van der Waals surface area contributed by atoms with Gasteiger partial charge in [-0.15, -0.1) is 0 Å². The number of hydrogen-bond acceptors (Lipinski definition) is 5. The fraction of sp³-hybridized carbons (Fsp3) is 0.333. The molecule has 2 heterocycles. The highest BCUT2D eigenvalue weighted by molar-refractivity contribution is 5.96. The zero-order chi connectivity index (χ0) is 18.0. The molecule has 0 unspecified atom stereocenters. The molecular formula is C18H19FN4O2. The molecule has 0 spiro atoms. The summed E-state index contributed by atoms with van der Waals surface area (Å²) in [5.74, 6) is -1.06. The van der Waals surface area contributed by atoms with Gasteiger partial charge in [0.05, 0.1) is 24.0 Å². The first-order chi connectivity index (χ1) is 12.1. The maximum absolute atomic E-state index is 14.7. The zero-order valence-corrected chi connectivity index (χ0v) is 14.0. The van der Waals surface area contributed by atoms with Crippen molar-refractivity contribution in [3.05, 3.63) is 41.5 Å². The van der Waals surface area contributed by atoms with Crippen LogP contribution >= 0.6 is 0 Å². The van der Waals surface area contributed by atoms with E-state index in [1.165, 1.54) is 23.9 Å². The fourth-order valence-electron chi connectivity index (χ4n) is 3.16. The number of benzene rings is 1. The van der Waals surface area contributed by atoms with Gasteiger partial charge in [-0.1, -0.05) is 0 Å². The molecule has 1 aromatic heterocycles.